The molecule has 0 bridgehead atoms. The van der Waals surface area contributed by atoms with E-state index in [-0.39, 0.29) is 7.43 Å². The highest BCUT2D eigenvalue weighted by atomic mass is 16.5. The van der Waals surface area contributed by atoms with Gasteiger partial charge in [0.25, 0.3) is 0 Å². The second-order valence-electron chi connectivity index (χ2n) is 3.13. The van der Waals surface area contributed by atoms with Gasteiger partial charge in [0.1, 0.15) is 0 Å². The van der Waals surface area contributed by atoms with Crippen molar-refractivity contribution < 1.29 is 4.74 Å². The van der Waals surface area contributed by atoms with Gasteiger partial charge in [-0.25, -0.2) is 0 Å². The standard InChI is InChI=1S/C10H23NO.CH4/c1-4-8-11(5-2)9-6-7-10-12-3;/h4-10H2,1-3H3;1H4. The lowest BCUT2D eigenvalue weighted by atomic mass is 10.3. The van der Waals surface area contributed by atoms with E-state index >= 15 is 0 Å². The van der Waals surface area contributed by atoms with E-state index in [4.69, 9.17) is 4.74 Å². The molecule has 0 aromatic heterocycles. The van der Waals surface area contributed by atoms with E-state index < -0.39 is 0 Å². The third kappa shape index (κ3) is 9.84. The van der Waals surface area contributed by atoms with Crippen molar-refractivity contribution in [3.05, 3.63) is 0 Å². The first-order valence-corrected chi connectivity index (χ1v) is 5.06. The van der Waals surface area contributed by atoms with Crippen LogP contribution in [0, 0.1) is 0 Å². The Morgan fingerprint density at radius 1 is 1.08 bits per heavy atom. The zero-order chi connectivity index (χ0) is 9.23. The molecule has 0 aliphatic rings. The number of nitrogens with zero attached hydrogens (tertiary/aromatic N) is 1. The first-order chi connectivity index (χ1) is 5.85. The summed E-state index contributed by atoms with van der Waals surface area (Å²) in [6.07, 6.45) is 3.72. The monoisotopic (exact) mass is 189 g/mol. The maximum atomic E-state index is 5.00. The molecule has 0 rings (SSSR count). The number of hydrogen-bond donors (Lipinski definition) is 0. The zero-order valence-electron chi connectivity index (χ0n) is 8.81. The lowest BCUT2D eigenvalue weighted by Gasteiger charge is -2.18. The summed E-state index contributed by atoms with van der Waals surface area (Å²) in [5.74, 6) is 0. The van der Waals surface area contributed by atoms with Gasteiger partial charge in [0.05, 0.1) is 0 Å². The normalized spacial score (nSPS) is 10.2. The predicted octanol–water partition coefficient (Wildman–Crippen LogP) is 2.78. The summed E-state index contributed by atoms with van der Waals surface area (Å²) in [6, 6.07) is 0. The Labute approximate surface area is 84.3 Å². The first-order valence-electron chi connectivity index (χ1n) is 5.06. The third-order valence-corrected chi connectivity index (χ3v) is 2.06. The molecule has 0 saturated carbocycles. The van der Waals surface area contributed by atoms with Crippen LogP contribution in [0.4, 0.5) is 0 Å². The Kier molecular flexibility index (Phi) is 14.1. The van der Waals surface area contributed by atoms with Crippen molar-refractivity contribution in [1.82, 2.24) is 4.90 Å². The van der Waals surface area contributed by atoms with Crippen LogP contribution >= 0.6 is 0 Å². The quantitative estimate of drug-likeness (QED) is 0.544. The van der Waals surface area contributed by atoms with Crippen molar-refractivity contribution in [2.24, 2.45) is 0 Å². The van der Waals surface area contributed by atoms with Crippen LogP contribution in [0.3, 0.4) is 0 Å². The van der Waals surface area contributed by atoms with Gasteiger partial charge in [-0.3, -0.25) is 0 Å². The van der Waals surface area contributed by atoms with Crippen LogP contribution in [0.5, 0.6) is 0 Å². The van der Waals surface area contributed by atoms with Crippen LogP contribution in [-0.4, -0.2) is 38.3 Å². The number of methoxy groups -OCH3 is 1. The van der Waals surface area contributed by atoms with Crippen LogP contribution < -0.4 is 0 Å². The van der Waals surface area contributed by atoms with Crippen LogP contribution in [0.25, 0.3) is 0 Å². The van der Waals surface area contributed by atoms with Crippen LogP contribution in [0.15, 0.2) is 0 Å². The average Bonchev–Trinajstić information content (AvgIpc) is 2.10. The fourth-order valence-electron chi connectivity index (χ4n) is 1.33. The Bertz CT molecular complexity index is 86.2. The van der Waals surface area contributed by atoms with E-state index in [9.17, 15) is 0 Å². The van der Waals surface area contributed by atoms with Crippen molar-refractivity contribution in [2.45, 2.75) is 40.5 Å². The summed E-state index contributed by atoms with van der Waals surface area (Å²) in [5, 5.41) is 0. The second kappa shape index (κ2) is 11.9. The fraction of sp³-hybridized carbons (Fsp3) is 1.00. The molecule has 0 amide bonds. The maximum absolute atomic E-state index is 5.00. The average molecular weight is 189 g/mol. The topological polar surface area (TPSA) is 12.5 Å². The highest BCUT2D eigenvalue weighted by Gasteiger charge is 1.98. The van der Waals surface area contributed by atoms with E-state index in [1.54, 1.807) is 7.11 Å². The Balaban J connectivity index is 0. The zero-order valence-corrected chi connectivity index (χ0v) is 8.81. The molecular formula is C11H27NO. The molecule has 82 valence electrons. The predicted molar refractivity (Wildman–Crippen MR) is 60.2 cm³/mol. The highest BCUT2D eigenvalue weighted by Crippen LogP contribution is 1.96. The molecule has 0 saturated heterocycles. The highest BCUT2D eigenvalue weighted by molar-refractivity contribution is 4.53. The summed E-state index contributed by atoms with van der Waals surface area (Å²) < 4.78 is 5.00. The van der Waals surface area contributed by atoms with Gasteiger partial charge in [0.15, 0.2) is 0 Å². The van der Waals surface area contributed by atoms with Crippen LogP contribution in [0.2, 0.25) is 0 Å². The van der Waals surface area contributed by atoms with Gasteiger partial charge in [-0.1, -0.05) is 21.3 Å². The van der Waals surface area contributed by atoms with Crippen molar-refractivity contribution in [1.29, 1.82) is 0 Å². The summed E-state index contributed by atoms with van der Waals surface area (Å²) >= 11 is 0. The van der Waals surface area contributed by atoms with Crippen molar-refractivity contribution in [3.8, 4) is 0 Å². The summed E-state index contributed by atoms with van der Waals surface area (Å²) in [6.45, 7) is 9.02. The van der Waals surface area contributed by atoms with E-state index in [0.29, 0.717) is 0 Å². The molecule has 2 nitrogen and oxygen atoms in total. The molecule has 0 heterocycles. The van der Waals surface area contributed by atoms with Gasteiger partial charge < -0.3 is 9.64 Å². The molecule has 0 aliphatic heterocycles. The smallest absolute Gasteiger partial charge is 0.0462 e. The summed E-state index contributed by atoms with van der Waals surface area (Å²) in [7, 11) is 1.77. The summed E-state index contributed by atoms with van der Waals surface area (Å²) in [4.78, 5) is 2.50. The molecule has 0 aromatic rings. The number of unbranched alkanes of at least 4 members (excludes halogenated alkanes) is 1. The molecule has 0 atom stereocenters. The lowest BCUT2D eigenvalue weighted by Crippen LogP contribution is -2.25. The van der Waals surface area contributed by atoms with Crippen molar-refractivity contribution in [3.63, 3.8) is 0 Å². The van der Waals surface area contributed by atoms with E-state index in [1.807, 2.05) is 0 Å². The van der Waals surface area contributed by atoms with Crippen molar-refractivity contribution >= 4 is 0 Å². The van der Waals surface area contributed by atoms with Gasteiger partial charge in [-0.15, -0.1) is 0 Å². The molecule has 2 heteroatoms. The molecule has 0 fully saturated rings. The largest absolute Gasteiger partial charge is 0.385 e. The van der Waals surface area contributed by atoms with Gasteiger partial charge in [0.2, 0.25) is 0 Å². The molecule has 0 spiro atoms. The minimum Gasteiger partial charge on any atom is -0.385 e. The summed E-state index contributed by atoms with van der Waals surface area (Å²) in [5.41, 5.74) is 0. The fourth-order valence-corrected chi connectivity index (χ4v) is 1.33. The number of hydrogen-bond acceptors (Lipinski definition) is 2. The molecular weight excluding hydrogens is 162 g/mol. The van der Waals surface area contributed by atoms with Gasteiger partial charge in [-0.2, -0.15) is 0 Å². The molecule has 0 aromatic carbocycles. The molecule has 0 unspecified atom stereocenters. The second-order valence-corrected chi connectivity index (χ2v) is 3.13. The number of rotatable bonds is 8. The molecule has 13 heavy (non-hydrogen) atoms. The SMILES string of the molecule is C.CCCN(CC)CCCCOC. The van der Waals surface area contributed by atoms with Gasteiger partial charge >= 0.3 is 0 Å². The van der Waals surface area contributed by atoms with Gasteiger partial charge in [-0.05, 0) is 38.9 Å². The lowest BCUT2D eigenvalue weighted by molar-refractivity contribution is 0.184. The third-order valence-electron chi connectivity index (χ3n) is 2.06. The van der Waals surface area contributed by atoms with E-state index in [0.717, 1.165) is 6.61 Å². The number of ether oxygens (including phenoxy) is 1. The van der Waals surface area contributed by atoms with Gasteiger partial charge in [0, 0.05) is 13.7 Å². The maximum Gasteiger partial charge on any atom is 0.0462 e. The Hall–Kier alpha value is -0.0800. The van der Waals surface area contributed by atoms with Crippen LogP contribution in [-0.2, 0) is 4.74 Å². The van der Waals surface area contributed by atoms with E-state index in [1.165, 1.54) is 38.9 Å². The minimum absolute atomic E-state index is 0. The molecule has 0 radical (unpaired) electrons. The Morgan fingerprint density at radius 2 is 1.77 bits per heavy atom. The first kappa shape index (κ1) is 15.4. The minimum atomic E-state index is 0. The molecule has 0 N–H and O–H groups in total. The van der Waals surface area contributed by atoms with Crippen LogP contribution in [0.1, 0.15) is 40.5 Å². The molecule has 0 aliphatic carbocycles. The Morgan fingerprint density at radius 3 is 2.23 bits per heavy atom. The van der Waals surface area contributed by atoms with Crippen molar-refractivity contribution in [2.75, 3.05) is 33.4 Å². The van der Waals surface area contributed by atoms with E-state index in [2.05, 4.69) is 18.7 Å².